The average Bonchev–Trinajstić information content (AvgIpc) is 2.95. The van der Waals surface area contributed by atoms with Gasteiger partial charge in [-0.2, -0.15) is 10.1 Å². The fourth-order valence-corrected chi connectivity index (χ4v) is 1.63. The van der Waals surface area contributed by atoms with Gasteiger partial charge >= 0.3 is 0 Å². The fraction of sp³-hybridized carbons (Fsp3) is 0.538. The van der Waals surface area contributed by atoms with Crippen LogP contribution < -0.4 is 5.32 Å². The number of aromatic amines is 1. The third-order valence-electron chi connectivity index (χ3n) is 2.91. The van der Waals surface area contributed by atoms with Crippen molar-refractivity contribution in [1.29, 1.82) is 0 Å². The molecule has 0 spiro atoms. The number of carbonyl (C=O) groups is 1. The van der Waals surface area contributed by atoms with Crippen LogP contribution in [0, 0.1) is 6.92 Å². The van der Waals surface area contributed by atoms with Gasteiger partial charge in [0.2, 0.25) is 5.89 Å². The van der Waals surface area contributed by atoms with E-state index in [1.807, 2.05) is 20.8 Å². The molecule has 7 heteroatoms. The standard InChI is InChI=1S/C13H19N5O2/c1-7-9(6-14-17-7)10(19)15-8(2)11-16-12(18-20-11)13(3,4)5/h6,8H,1-5H3,(H,14,17)(H,15,19)/t8-/m0/s1. The van der Waals surface area contributed by atoms with Gasteiger partial charge in [0.25, 0.3) is 5.91 Å². The first kappa shape index (κ1) is 14.2. The summed E-state index contributed by atoms with van der Waals surface area (Å²) in [6, 6.07) is -0.361. The molecule has 0 saturated heterocycles. The molecule has 0 fully saturated rings. The zero-order valence-electron chi connectivity index (χ0n) is 12.3. The molecule has 2 aromatic heterocycles. The highest BCUT2D eigenvalue weighted by atomic mass is 16.5. The van der Waals surface area contributed by atoms with Crippen LogP contribution in [0.3, 0.4) is 0 Å². The number of hydrogen-bond acceptors (Lipinski definition) is 5. The summed E-state index contributed by atoms with van der Waals surface area (Å²) in [5.74, 6) is 0.789. The van der Waals surface area contributed by atoms with Crippen LogP contribution in [0.1, 0.15) is 61.5 Å². The predicted octanol–water partition coefficient (Wildman–Crippen LogP) is 1.89. The Balaban J connectivity index is 2.09. The van der Waals surface area contributed by atoms with Gasteiger partial charge in [-0.15, -0.1) is 0 Å². The highest BCUT2D eigenvalue weighted by Gasteiger charge is 2.24. The van der Waals surface area contributed by atoms with E-state index >= 15 is 0 Å². The van der Waals surface area contributed by atoms with Crippen LogP contribution in [0.25, 0.3) is 0 Å². The Hall–Kier alpha value is -2.18. The summed E-state index contributed by atoms with van der Waals surface area (Å²) in [7, 11) is 0. The fourth-order valence-electron chi connectivity index (χ4n) is 1.63. The van der Waals surface area contributed by atoms with E-state index in [2.05, 4.69) is 25.7 Å². The molecule has 2 aromatic rings. The van der Waals surface area contributed by atoms with Crippen molar-refractivity contribution in [3.8, 4) is 0 Å². The number of hydrogen-bond donors (Lipinski definition) is 2. The SMILES string of the molecule is Cc1[nH]ncc1C(=O)N[C@@H](C)c1nc(C(C)(C)C)no1. The van der Waals surface area contributed by atoms with Gasteiger partial charge in [-0.25, -0.2) is 0 Å². The zero-order valence-corrected chi connectivity index (χ0v) is 12.3. The Bertz CT molecular complexity index is 608. The van der Waals surface area contributed by atoms with Gasteiger partial charge < -0.3 is 9.84 Å². The molecule has 0 aliphatic carbocycles. The van der Waals surface area contributed by atoms with Gasteiger partial charge in [-0.05, 0) is 13.8 Å². The molecule has 0 aromatic carbocycles. The van der Waals surface area contributed by atoms with Gasteiger partial charge in [0, 0.05) is 11.1 Å². The average molecular weight is 277 g/mol. The highest BCUT2D eigenvalue weighted by molar-refractivity contribution is 5.95. The molecule has 20 heavy (non-hydrogen) atoms. The minimum Gasteiger partial charge on any atom is -0.340 e. The maximum absolute atomic E-state index is 12.1. The van der Waals surface area contributed by atoms with Crippen LogP contribution in [-0.4, -0.2) is 26.2 Å². The summed E-state index contributed by atoms with van der Waals surface area (Å²) in [6.07, 6.45) is 1.49. The van der Waals surface area contributed by atoms with Crippen LogP contribution in [-0.2, 0) is 5.41 Å². The first-order valence-electron chi connectivity index (χ1n) is 6.44. The van der Waals surface area contributed by atoms with E-state index in [9.17, 15) is 4.79 Å². The lowest BCUT2D eigenvalue weighted by molar-refractivity contribution is 0.0932. The van der Waals surface area contributed by atoms with Crippen LogP contribution in [0.4, 0.5) is 0 Å². The number of aromatic nitrogens is 4. The van der Waals surface area contributed by atoms with Crippen molar-refractivity contribution in [2.75, 3.05) is 0 Å². The van der Waals surface area contributed by atoms with Gasteiger partial charge in [0.15, 0.2) is 5.82 Å². The van der Waals surface area contributed by atoms with E-state index in [-0.39, 0.29) is 17.4 Å². The minimum atomic E-state index is -0.361. The molecule has 0 radical (unpaired) electrons. The number of nitrogens with one attached hydrogen (secondary N) is 2. The Kier molecular flexibility index (Phi) is 3.61. The monoisotopic (exact) mass is 277 g/mol. The number of carbonyl (C=O) groups excluding carboxylic acids is 1. The summed E-state index contributed by atoms with van der Waals surface area (Å²) < 4.78 is 5.20. The van der Waals surface area contributed by atoms with E-state index in [0.29, 0.717) is 17.3 Å². The lowest BCUT2D eigenvalue weighted by Crippen LogP contribution is -2.27. The number of rotatable bonds is 3. The van der Waals surface area contributed by atoms with Gasteiger partial charge in [-0.3, -0.25) is 9.89 Å². The first-order valence-corrected chi connectivity index (χ1v) is 6.44. The molecule has 2 heterocycles. The molecule has 0 aliphatic heterocycles. The summed E-state index contributed by atoms with van der Waals surface area (Å²) in [4.78, 5) is 16.4. The van der Waals surface area contributed by atoms with E-state index < -0.39 is 0 Å². The summed E-state index contributed by atoms with van der Waals surface area (Å²) in [5.41, 5.74) is 1.04. The Morgan fingerprint density at radius 3 is 2.65 bits per heavy atom. The largest absolute Gasteiger partial charge is 0.340 e. The maximum Gasteiger partial charge on any atom is 0.255 e. The third kappa shape index (κ3) is 2.87. The van der Waals surface area contributed by atoms with Crippen molar-refractivity contribution in [2.24, 2.45) is 0 Å². The first-order chi connectivity index (χ1) is 9.29. The van der Waals surface area contributed by atoms with Gasteiger partial charge in [-0.1, -0.05) is 25.9 Å². The Labute approximate surface area is 117 Å². The highest BCUT2D eigenvalue weighted by Crippen LogP contribution is 2.20. The van der Waals surface area contributed by atoms with E-state index in [1.54, 1.807) is 13.8 Å². The predicted molar refractivity (Wildman–Crippen MR) is 72.2 cm³/mol. The number of nitrogens with zero attached hydrogens (tertiary/aromatic N) is 3. The molecule has 1 amide bonds. The third-order valence-corrected chi connectivity index (χ3v) is 2.91. The van der Waals surface area contributed by atoms with E-state index in [4.69, 9.17) is 4.52 Å². The quantitative estimate of drug-likeness (QED) is 0.893. The molecule has 0 bridgehead atoms. The van der Waals surface area contributed by atoms with Crippen LogP contribution in [0.5, 0.6) is 0 Å². The molecule has 0 saturated carbocycles. The van der Waals surface area contributed by atoms with Crippen LogP contribution in [0.15, 0.2) is 10.7 Å². The maximum atomic E-state index is 12.1. The molecule has 2 rings (SSSR count). The second-order valence-electron chi connectivity index (χ2n) is 5.81. The summed E-state index contributed by atoms with van der Waals surface area (Å²) in [5, 5.41) is 13.3. The number of aryl methyl sites for hydroxylation is 1. The summed E-state index contributed by atoms with van der Waals surface area (Å²) in [6.45, 7) is 9.59. The smallest absolute Gasteiger partial charge is 0.255 e. The van der Waals surface area contributed by atoms with E-state index in [1.165, 1.54) is 6.20 Å². The lowest BCUT2D eigenvalue weighted by atomic mass is 9.96. The zero-order chi connectivity index (χ0) is 14.9. The van der Waals surface area contributed by atoms with Crippen molar-refractivity contribution in [2.45, 2.75) is 46.1 Å². The molecular weight excluding hydrogens is 258 g/mol. The minimum absolute atomic E-state index is 0.188. The molecule has 2 N–H and O–H groups in total. The van der Waals surface area contributed by atoms with Crippen molar-refractivity contribution in [3.05, 3.63) is 29.2 Å². The molecule has 108 valence electrons. The lowest BCUT2D eigenvalue weighted by Gasteiger charge is -2.11. The van der Waals surface area contributed by atoms with Gasteiger partial charge in [0.1, 0.15) is 6.04 Å². The Morgan fingerprint density at radius 2 is 2.15 bits per heavy atom. The molecule has 0 unspecified atom stereocenters. The Morgan fingerprint density at radius 1 is 1.45 bits per heavy atom. The van der Waals surface area contributed by atoms with Crippen LogP contribution in [0.2, 0.25) is 0 Å². The van der Waals surface area contributed by atoms with Crippen LogP contribution >= 0.6 is 0 Å². The topological polar surface area (TPSA) is 96.7 Å². The molecule has 0 aliphatic rings. The van der Waals surface area contributed by atoms with Crippen molar-refractivity contribution < 1.29 is 9.32 Å². The normalized spacial score (nSPS) is 13.2. The van der Waals surface area contributed by atoms with Crippen molar-refractivity contribution in [1.82, 2.24) is 25.7 Å². The van der Waals surface area contributed by atoms with Gasteiger partial charge in [0.05, 0.1) is 11.8 Å². The summed E-state index contributed by atoms with van der Waals surface area (Å²) >= 11 is 0. The number of H-pyrrole nitrogens is 1. The number of amides is 1. The van der Waals surface area contributed by atoms with Crippen molar-refractivity contribution in [3.63, 3.8) is 0 Å². The second-order valence-corrected chi connectivity index (χ2v) is 5.81. The molecule has 1 atom stereocenters. The molecule has 7 nitrogen and oxygen atoms in total. The molecular formula is C13H19N5O2. The van der Waals surface area contributed by atoms with E-state index in [0.717, 1.165) is 5.69 Å². The second kappa shape index (κ2) is 5.07. The van der Waals surface area contributed by atoms with Crippen molar-refractivity contribution >= 4 is 5.91 Å².